The number of hydrogen-bond acceptors (Lipinski definition) is 3. The summed E-state index contributed by atoms with van der Waals surface area (Å²) in [6.07, 6.45) is 8.25. The molecule has 0 radical (unpaired) electrons. The van der Waals surface area contributed by atoms with Crippen LogP contribution in [0.2, 0.25) is 0 Å². The molecule has 0 aliphatic carbocycles. The van der Waals surface area contributed by atoms with Crippen LogP contribution in [0.1, 0.15) is 45.4 Å². The van der Waals surface area contributed by atoms with Gasteiger partial charge in [0.15, 0.2) is 0 Å². The van der Waals surface area contributed by atoms with Gasteiger partial charge < -0.3 is 4.90 Å². The molecule has 92 valence electrons. The summed E-state index contributed by atoms with van der Waals surface area (Å²) < 4.78 is 0. The van der Waals surface area contributed by atoms with Crippen LogP contribution in [0.15, 0.2) is 4.99 Å². The molecule has 1 saturated heterocycles. The van der Waals surface area contributed by atoms with Crippen LogP contribution in [-0.4, -0.2) is 23.8 Å². The van der Waals surface area contributed by atoms with Gasteiger partial charge >= 0.3 is 0 Å². The molecule has 0 bridgehead atoms. The van der Waals surface area contributed by atoms with E-state index in [-0.39, 0.29) is 5.92 Å². The monoisotopic (exact) mass is 232 g/mol. The minimum absolute atomic E-state index is 0.215. The first-order valence-corrected chi connectivity index (χ1v) is 6.44. The molecule has 1 rings (SSSR count). The summed E-state index contributed by atoms with van der Waals surface area (Å²) in [4.78, 5) is 6.02. The second-order valence-corrected chi connectivity index (χ2v) is 4.44. The van der Waals surface area contributed by atoms with Gasteiger partial charge in [0.25, 0.3) is 0 Å². The van der Waals surface area contributed by atoms with E-state index in [1.165, 1.54) is 6.42 Å². The van der Waals surface area contributed by atoms with Gasteiger partial charge in [-0.1, -0.05) is 19.8 Å². The summed E-state index contributed by atoms with van der Waals surface area (Å²) in [5.74, 6) is 0.482. The Morgan fingerprint density at radius 1 is 1.29 bits per heavy atom. The van der Waals surface area contributed by atoms with Gasteiger partial charge in [0, 0.05) is 13.1 Å². The summed E-state index contributed by atoms with van der Waals surface area (Å²) >= 11 is 0. The van der Waals surface area contributed by atoms with E-state index in [1.807, 2.05) is 6.19 Å². The molecule has 4 nitrogen and oxygen atoms in total. The third-order valence-electron chi connectivity index (χ3n) is 3.16. The smallest absolute Gasteiger partial charge is 0.207 e. The number of piperidine rings is 1. The minimum Gasteiger partial charge on any atom is -0.358 e. The Balaban J connectivity index is 2.73. The van der Waals surface area contributed by atoms with E-state index in [2.05, 4.69) is 22.9 Å². The van der Waals surface area contributed by atoms with Gasteiger partial charge in [-0.2, -0.15) is 15.5 Å². The Kier molecular flexibility index (Phi) is 6.10. The normalized spacial score (nSPS) is 18.3. The number of nitrogens with zero attached hydrogens (tertiary/aromatic N) is 4. The summed E-state index contributed by atoms with van der Waals surface area (Å²) in [5, 5.41) is 18.0. The molecular weight excluding hydrogens is 212 g/mol. The molecule has 1 fully saturated rings. The number of rotatable bonds is 4. The lowest BCUT2D eigenvalue weighted by molar-refractivity contribution is 0.329. The van der Waals surface area contributed by atoms with Crippen LogP contribution in [-0.2, 0) is 0 Å². The average Bonchev–Trinajstić information content (AvgIpc) is 2.39. The van der Waals surface area contributed by atoms with Crippen LogP contribution < -0.4 is 0 Å². The number of aliphatic imine (C=N–C) groups is 1. The van der Waals surface area contributed by atoms with Crippen molar-refractivity contribution in [1.82, 2.24) is 4.90 Å². The van der Waals surface area contributed by atoms with Crippen LogP contribution in [0.4, 0.5) is 0 Å². The van der Waals surface area contributed by atoms with Crippen LogP contribution in [0, 0.1) is 28.7 Å². The van der Waals surface area contributed by atoms with E-state index >= 15 is 0 Å². The van der Waals surface area contributed by atoms with Crippen molar-refractivity contribution in [3.8, 4) is 12.3 Å². The molecule has 1 atom stereocenters. The molecule has 0 aromatic rings. The van der Waals surface area contributed by atoms with E-state index in [0.717, 1.165) is 45.2 Å². The largest absolute Gasteiger partial charge is 0.358 e. The molecule has 1 heterocycles. The highest BCUT2D eigenvalue weighted by Gasteiger charge is 2.23. The average molecular weight is 232 g/mol. The minimum atomic E-state index is -0.215. The van der Waals surface area contributed by atoms with Gasteiger partial charge in [-0.3, -0.25) is 0 Å². The van der Waals surface area contributed by atoms with Gasteiger partial charge in [0.1, 0.15) is 11.8 Å². The zero-order chi connectivity index (χ0) is 12.5. The lowest BCUT2D eigenvalue weighted by atomic mass is 10.00. The Morgan fingerprint density at radius 3 is 2.53 bits per heavy atom. The fraction of sp³-hybridized carbons (Fsp3) is 0.769. The molecule has 0 aromatic heterocycles. The molecule has 0 spiro atoms. The Bertz CT molecular complexity index is 328. The van der Waals surface area contributed by atoms with Crippen molar-refractivity contribution in [3.05, 3.63) is 0 Å². The first kappa shape index (κ1) is 13.5. The van der Waals surface area contributed by atoms with Crippen molar-refractivity contribution in [2.45, 2.75) is 45.4 Å². The fourth-order valence-corrected chi connectivity index (χ4v) is 2.20. The van der Waals surface area contributed by atoms with Gasteiger partial charge in [0.2, 0.25) is 6.19 Å². The fourth-order valence-electron chi connectivity index (χ4n) is 2.20. The first-order valence-electron chi connectivity index (χ1n) is 6.44. The zero-order valence-corrected chi connectivity index (χ0v) is 10.5. The third-order valence-corrected chi connectivity index (χ3v) is 3.16. The number of amidine groups is 1. The van der Waals surface area contributed by atoms with Gasteiger partial charge in [-0.05, 0) is 25.7 Å². The molecule has 0 saturated carbocycles. The lowest BCUT2D eigenvalue weighted by Gasteiger charge is -2.31. The second-order valence-electron chi connectivity index (χ2n) is 4.44. The highest BCUT2D eigenvalue weighted by atomic mass is 15.2. The van der Waals surface area contributed by atoms with Crippen LogP contribution in [0.3, 0.4) is 0 Å². The maximum Gasteiger partial charge on any atom is 0.207 e. The SMILES string of the molecule is CCCCC(C#N)C(=NC#N)N1CCCCC1. The first-order chi connectivity index (χ1) is 8.33. The van der Waals surface area contributed by atoms with Crippen LogP contribution in [0.5, 0.6) is 0 Å². The molecule has 0 N–H and O–H groups in total. The van der Waals surface area contributed by atoms with Crippen molar-refractivity contribution in [2.24, 2.45) is 10.9 Å². The maximum absolute atomic E-state index is 9.21. The van der Waals surface area contributed by atoms with E-state index < -0.39 is 0 Å². The number of likely N-dealkylation sites (tertiary alicyclic amines) is 1. The summed E-state index contributed by atoms with van der Waals surface area (Å²) in [6, 6.07) is 2.30. The third kappa shape index (κ3) is 4.07. The van der Waals surface area contributed by atoms with Crippen molar-refractivity contribution in [2.75, 3.05) is 13.1 Å². The van der Waals surface area contributed by atoms with Gasteiger partial charge in [-0.15, -0.1) is 0 Å². The molecule has 4 heteroatoms. The van der Waals surface area contributed by atoms with E-state index in [1.54, 1.807) is 0 Å². The molecule has 0 aromatic carbocycles. The Morgan fingerprint density at radius 2 is 2.00 bits per heavy atom. The zero-order valence-electron chi connectivity index (χ0n) is 10.5. The molecule has 17 heavy (non-hydrogen) atoms. The Hall–Kier alpha value is -1.55. The van der Waals surface area contributed by atoms with Crippen molar-refractivity contribution < 1.29 is 0 Å². The lowest BCUT2D eigenvalue weighted by Crippen LogP contribution is -2.39. The number of hydrogen-bond donors (Lipinski definition) is 0. The second kappa shape index (κ2) is 7.68. The molecule has 1 unspecified atom stereocenters. The highest BCUT2D eigenvalue weighted by molar-refractivity contribution is 5.87. The standard InChI is InChI=1S/C13H20N4/c1-2-3-7-12(10-14)13(16-11-15)17-8-5-4-6-9-17/h12H,2-9H2,1H3. The molecule has 1 aliphatic heterocycles. The van der Waals surface area contributed by atoms with E-state index in [9.17, 15) is 5.26 Å². The summed E-state index contributed by atoms with van der Waals surface area (Å²) in [7, 11) is 0. The van der Waals surface area contributed by atoms with E-state index in [4.69, 9.17) is 5.26 Å². The molecular formula is C13H20N4. The summed E-state index contributed by atoms with van der Waals surface area (Å²) in [6.45, 7) is 3.98. The van der Waals surface area contributed by atoms with Crippen molar-refractivity contribution >= 4 is 5.84 Å². The summed E-state index contributed by atoms with van der Waals surface area (Å²) in [5.41, 5.74) is 0. The van der Waals surface area contributed by atoms with E-state index in [0.29, 0.717) is 5.84 Å². The number of unbranched alkanes of at least 4 members (excludes halogenated alkanes) is 1. The topological polar surface area (TPSA) is 63.2 Å². The van der Waals surface area contributed by atoms with Gasteiger partial charge in [-0.25, -0.2) is 0 Å². The van der Waals surface area contributed by atoms with Crippen molar-refractivity contribution in [3.63, 3.8) is 0 Å². The Labute approximate surface area is 104 Å². The quantitative estimate of drug-likeness (QED) is 0.425. The van der Waals surface area contributed by atoms with Gasteiger partial charge in [0.05, 0.1) is 6.07 Å². The predicted octanol–water partition coefficient (Wildman–Crippen LogP) is 2.68. The molecule has 0 amide bonds. The molecule has 1 aliphatic rings. The maximum atomic E-state index is 9.21. The van der Waals surface area contributed by atoms with Crippen LogP contribution >= 0.6 is 0 Å². The predicted molar refractivity (Wildman–Crippen MR) is 67.1 cm³/mol. The van der Waals surface area contributed by atoms with Crippen molar-refractivity contribution in [1.29, 1.82) is 10.5 Å². The number of nitriles is 2. The highest BCUT2D eigenvalue weighted by Crippen LogP contribution is 2.17. The van der Waals surface area contributed by atoms with Crippen LogP contribution in [0.25, 0.3) is 0 Å².